The fourth-order valence-corrected chi connectivity index (χ4v) is 5.10. The number of sulfonamides is 1. The van der Waals surface area contributed by atoms with Gasteiger partial charge in [-0.05, 0) is 60.8 Å². The molecule has 11 heteroatoms. The lowest BCUT2D eigenvalue weighted by atomic mass is 10.2. The molecular formula is C23H20N4O5S2. The molecule has 0 fully saturated rings. The van der Waals surface area contributed by atoms with Crippen LogP contribution in [0.5, 0.6) is 0 Å². The lowest BCUT2D eigenvalue weighted by Crippen LogP contribution is -2.14. The largest absolute Gasteiger partial charge is 0.461 e. The number of amides is 1. The Morgan fingerprint density at radius 3 is 2.59 bits per heavy atom. The van der Waals surface area contributed by atoms with Gasteiger partial charge < -0.3 is 10.1 Å². The van der Waals surface area contributed by atoms with Gasteiger partial charge in [-0.2, -0.15) is 5.10 Å². The number of nitrogens with zero attached hydrogens (tertiary/aromatic N) is 2. The summed E-state index contributed by atoms with van der Waals surface area (Å²) < 4.78 is 34.0. The molecule has 0 aliphatic rings. The highest BCUT2D eigenvalue weighted by atomic mass is 32.2. The number of rotatable bonds is 8. The highest BCUT2D eigenvalue weighted by molar-refractivity contribution is 7.94. The van der Waals surface area contributed by atoms with Crippen molar-refractivity contribution in [2.75, 3.05) is 16.6 Å². The smallest absolute Gasteiger partial charge is 0.358 e. The monoisotopic (exact) mass is 496 g/mol. The molecule has 1 amide bonds. The van der Waals surface area contributed by atoms with Gasteiger partial charge in [0.05, 0.1) is 12.3 Å². The minimum atomic E-state index is -3.72. The first kappa shape index (κ1) is 23.2. The Morgan fingerprint density at radius 2 is 1.82 bits per heavy atom. The predicted molar refractivity (Wildman–Crippen MR) is 129 cm³/mol. The molecule has 174 valence electrons. The fourth-order valence-electron chi connectivity index (χ4n) is 3.06. The highest BCUT2D eigenvalue weighted by Crippen LogP contribution is 2.22. The molecule has 2 N–H and O–H groups in total. The van der Waals surface area contributed by atoms with Crippen LogP contribution in [0.4, 0.5) is 11.4 Å². The summed E-state index contributed by atoms with van der Waals surface area (Å²) in [6.07, 6.45) is 1.62. The van der Waals surface area contributed by atoms with Gasteiger partial charge in [-0.15, -0.1) is 11.3 Å². The van der Waals surface area contributed by atoms with Gasteiger partial charge >= 0.3 is 5.97 Å². The number of hydrogen-bond acceptors (Lipinski definition) is 7. The Bertz CT molecular complexity index is 1430. The van der Waals surface area contributed by atoms with Crippen LogP contribution in [0.15, 0.2) is 82.5 Å². The molecule has 2 heterocycles. The van der Waals surface area contributed by atoms with Gasteiger partial charge in [0.2, 0.25) is 0 Å². The molecule has 0 aliphatic heterocycles. The molecule has 0 aliphatic carbocycles. The average Bonchev–Trinajstić information content (AvgIpc) is 3.52. The average molecular weight is 497 g/mol. The topological polar surface area (TPSA) is 119 Å². The van der Waals surface area contributed by atoms with Gasteiger partial charge in [-0.1, -0.05) is 18.2 Å². The maximum Gasteiger partial charge on any atom is 0.358 e. The first-order chi connectivity index (χ1) is 16.4. The number of hydrogen-bond donors (Lipinski definition) is 2. The summed E-state index contributed by atoms with van der Waals surface area (Å²) in [5.41, 5.74) is 1.86. The molecule has 0 spiro atoms. The zero-order valence-corrected chi connectivity index (χ0v) is 19.6. The highest BCUT2D eigenvalue weighted by Gasteiger charge is 2.16. The molecule has 0 atom stereocenters. The van der Waals surface area contributed by atoms with Crippen molar-refractivity contribution in [1.29, 1.82) is 0 Å². The lowest BCUT2D eigenvalue weighted by molar-refractivity contribution is 0.0519. The minimum Gasteiger partial charge on any atom is -0.461 e. The zero-order valence-electron chi connectivity index (χ0n) is 18.0. The molecule has 0 bridgehead atoms. The Morgan fingerprint density at radius 1 is 1.03 bits per heavy atom. The maximum atomic E-state index is 12.8. The van der Waals surface area contributed by atoms with E-state index in [0.717, 1.165) is 11.3 Å². The number of anilines is 2. The summed E-state index contributed by atoms with van der Waals surface area (Å²) in [6.45, 7) is 1.97. The molecule has 2 aromatic heterocycles. The van der Waals surface area contributed by atoms with Crippen LogP contribution in [-0.4, -0.2) is 36.7 Å². The van der Waals surface area contributed by atoms with Crippen molar-refractivity contribution in [3.8, 4) is 5.69 Å². The number of ether oxygens (including phenoxy) is 1. The van der Waals surface area contributed by atoms with Crippen LogP contribution in [0.1, 0.15) is 27.8 Å². The Labute approximate surface area is 200 Å². The van der Waals surface area contributed by atoms with E-state index in [4.69, 9.17) is 4.74 Å². The summed E-state index contributed by atoms with van der Waals surface area (Å²) in [5.74, 6) is -0.928. The molecule has 9 nitrogen and oxygen atoms in total. The van der Waals surface area contributed by atoms with Crippen LogP contribution in [-0.2, 0) is 14.8 Å². The van der Waals surface area contributed by atoms with E-state index in [1.165, 1.54) is 16.8 Å². The van der Waals surface area contributed by atoms with Gasteiger partial charge in [0.1, 0.15) is 4.21 Å². The SMILES string of the molecule is CCOC(=O)c1ccn(-c2cccc(NC(=O)c3cccc(NS(=O)(=O)c4cccs4)c3)c2)n1. The van der Waals surface area contributed by atoms with Gasteiger partial charge in [-0.3, -0.25) is 9.52 Å². The van der Waals surface area contributed by atoms with Crippen molar-refractivity contribution in [1.82, 2.24) is 9.78 Å². The molecule has 4 rings (SSSR count). The first-order valence-corrected chi connectivity index (χ1v) is 12.5. The second-order valence-electron chi connectivity index (χ2n) is 6.99. The second kappa shape index (κ2) is 9.89. The van der Waals surface area contributed by atoms with E-state index in [0.29, 0.717) is 11.4 Å². The molecule has 2 aromatic carbocycles. The molecule has 0 saturated heterocycles. The third-order valence-corrected chi connectivity index (χ3v) is 7.36. The van der Waals surface area contributed by atoms with Gasteiger partial charge in [0.25, 0.3) is 15.9 Å². The minimum absolute atomic E-state index is 0.179. The molecule has 0 unspecified atom stereocenters. The van der Waals surface area contributed by atoms with E-state index >= 15 is 0 Å². The van der Waals surface area contributed by atoms with E-state index in [9.17, 15) is 18.0 Å². The van der Waals surface area contributed by atoms with Crippen LogP contribution in [0.2, 0.25) is 0 Å². The third-order valence-electron chi connectivity index (χ3n) is 4.58. The van der Waals surface area contributed by atoms with Crippen LogP contribution in [0, 0.1) is 0 Å². The number of thiophene rings is 1. The van der Waals surface area contributed by atoms with Gasteiger partial charge in [0.15, 0.2) is 5.69 Å². The molecule has 4 aromatic rings. The van der Waals surface area contributed by atoms with Gasteiger partial charge in [-0.25, -0.2) is 17.9 Å². The third kappa shape index (κ3) is 5.33. The number of aromatic nitrogens is 2. The zero-order chi connectivity index (χ0) is 24.1. The van der Waals surface area contributed by atoms with Crippen molar-refractivity contribution in [3.05, 3.63) is 89.6 Å². The number of carbonyl (C=O) groups excluding carboxylic acids is 2. The molecule has 34 heavy (non-hydrogen) atoms. The number of carbonyl (C=O) groups is 2. The molecular weight excluding hydrogens is 476 g/mol. The number of nitrogens with one attached hydrogen (secondary N) is 2. The fraction of sp³-hybridized carbons (Fsp3) is 0.0870. The van der Waals surface area contributed by atoms with Crippen molar-refractivity contribution < 1.29 is 22.7 Å². The summed E-state index contributed by atoms with van der Waals surface area (Å²) in [5, 5.41) is 8.67. The summed E-state index contributed by atoms with van der Waals surface area (Å²) in [7, 11) is -3.72. The van der Waals surface area contributed by atoms with Gasteiger partial charge in [0, 0.05) is 23.1 Å². The van der Waals surface area contributed by atoms with Crippen LogP contribution in [0.3, 0.4) is 0 Å². The van der Waals surface area contributed by atoms with Crippen molar-refractivity contribution in [2.24, 2.45) is 0 Å². The predicted octanol–water partition coefficient (Wildman–Crippen LogP) is 4.16. The molecule has 0 radical (unpaired) electrons. The van der Waals surface area contributed by atoms with Crippen molar-refractivity contribution in [3.63, 3.8) is 0 Å². The standard InChI is InChI=1S/C23H20N4O5S2/c1-2-32-23(29)20-11-12-27(25-20)19-9-4-7-17(15-19)24-22(28)16-6-3-8-18(14-16)26-34(30,31)21-10-5-13-33-21/h3-15,26H,2H2,1H3,(H,24,28). The normalized spacial score (nSPS) is 11.1. The van der Waals surface area contributed by atoms with E-state index in [1.54, 1.807) is 73.1 Å². The van der Waals surface area contributed by atoms with E-state index < -0.39 is 21.9 Å². The second-order valence-corrected chi connectivity index (χ2v) is 9.85. The number of esters is 1. The Hall–Kier alpha value is -3.96. The van der Waals surface area contributed by atoms with Crippen molar-refractivity contribution in [2.45, 2.75) is 11.1 Å². The van der Waals surface area contributed by atoms with Crippen LogP contribution >= 0.6 is 11.3 Å². The lowest BCUT2D eigenvalue weighted by Gasteiger charge is -2.10. The maximum absolute atomic E-state index is 12.8. The summed E-state index contributed by atoms with van der Waals surface area (Å²) in [4.78, 5) is 24.6. The quantitative estimate of drug-likeness (QED) is 0.354. The summed E-state index contributed by atoms with van der Waals surface area (Å²) >= 11 is 1.10. The van der Waals surface area contributed by atoms with Crippen LogP contribution in [0.25, 0.3) is 5.69 Å². The molecule has 0 saturated carbocycles. The Balaban J connectivity index is 1.48. The van der Waals surface area contributed by atoms with Crippen LogP contribution < -0.4 is 10.0 Å². The van der Waals surface area contributed by atoms with E-state index in [-0.39, 0.29) is 27.8 Å². The van der Waals surface area contributed by atoms with E-state index in [1.807, 2.05) is 0 Å². The van der Waals surface area contributed by atoms with E-state index in [2.05, 4.69) is 15.1 Å². The summed E-state index contributed by atoms with van der Waals surface area (Å²) in [6, 6.07) is 17.8. The first-order valence-electron chi connectivity index (χ1n) is 10.2. The van der Waals surface area contributed by atoms with Crippen molar-refractivity contribution >= 4 is 44.6 Å². The Kier molecular flexibility index (Phi) is 6.75. The number of benzene rings is 2.